The molecule has 0 bridgehead atoms. The van der Waals surface area contributed by atoms with Crippen LogP contribution in [0.5, 0.6) is 5.75 Å². The molecular weight excluding hydrogens is 234 g/mol. The number of aliphatic imine (C=N–C) groups is 1. The van der Waals surface area contributed by atoms with Crippen LogP contribution in [0.1, 0.15) is 12.5 Å². The van der Waals surface area contributed by atoms with Crippen molar-refractivity contribution in [1.29, 1.82) is 0 Å². The summed E-state index contributed by atoms with van der Waals surface area (Å²) in [7, 11) is 0. The van der Waals surface area contributed by atoms with Crippen LogP contribution in [0, 0.1) is 0 Å². The molecule has 0 atom stereocenters. The first-order chi connectivity index (χ1) is 9.24. The molecule has 2 heteroatoms. The standard InChI is InChI=1S/C17H17NO/c1-14(2)13-19-17-10-8-15(9-11-17)12-18-16-6-4-3-5-7-16/h3-12H,1,13H2,2H3. The topological polar surface area (TPSA) is 21.6 Å². The molecule has 0 saturated heterocycles. The van der Waals surface area contributed by atoms with Crippen molar-refractivity contribution in [2.75, 3.05) is 6.61 Å². The number of para-hydroxylation sites is 1. The lowest BCUT2D eigenvalue weighted by molar-refractivity contribution is 0.352. The zero-order chi connectivity index (χ0) is 13.5. The van der Waals surface area contributed by atoms with E-state index in [-0.39, 0.29) is 0 Å². The third-order valence-electron chi connectivity index (χ3n) is 2.48. The maximum Gasteiger partial charge on any atom is 0.119 e. The van der Waals surface area contributed by atoms with Crippen molar-refractivity contribution in [3.63, 3.8) is 0 Å². The van der Waals surface area contributed by atoms with Crippen LogP contribution < -0.4 is 4.74 Å². The zero-order valence-electron chi connectivity index (χ0n) is 11.0. The minimum absolute atomic E-state index is 0.553. The Labute approximate surface area is 114 Å². The average Bonchev–Trinajstić information content (AvgIpc) is 2.45. The molecule has 0 amide bonds. The monoisotopic (exact) mass is 251 g/mol. The number of rotatable bonds is 5. The molecule has 0 aliphatic rings. The Morgan fingerprint density at radius 3 is 2.42 bits per heavy atom. The SMILES string of the molecule is C=C(C)COc1ccc(C=Nc2ccccc2)cc1. The van der Waals surface area contributed by atoms with Crippen LogP contribution in [0.15, 0.2) is 71.7 Å². The molecule has 0 radical (unpaired) electrons. The van der Waals surface area contributed by atoms with Crippen molar-refractivity contribution >= 4 is 11.9 Å². The summed E-state index contributed by atoms with van der Waals surface area (Å²) in [6.07, 6.45) is 1.85. The van der Waals surface area contributed by atoms with Crippen LogP contribution in [-0.2, 0) is 0 Å². The fraction of sp³-hybridized carbons (Fsp3) is 0.118. The molecule has 0 N–H and O–H groups in total. The van der Waals surface area contributed by atoms with Gasteiger partial charge in [0.2, 0.25) is 0 Å². The highest BCUT2D eigenvalue weighted by molar-refractivity contribution is 5.82. The van der Waals surface area contributed by atoms with E-state index in [9.17, 15) is 0 Å². The van der Waals surface area contributed by atoms with Gasteiger partial charge in [-0.2, -0.15) is 0 Å². The molecule has 2 aromatic rings. The molecule has 0 fully saturated rings. The summed E-state index contributed by atoms with van der Waals surface area (Å²) in [6.45, 7) is 6.30. The molecule has 0 aliphatic carbocycles. The van der Waals surface area contributed by atoms with E-state index in [1.165, 1.54) is 0 Å². The van der Waals surface area contributed by atoms with Gasteiger partial charge >= 0.3 is 0 Å². The lowest BCUT2D eigenvalue weighted by atomic mass is 10.2. The van der Waals surface area contributed by atoms with Gasteiger partial charge in [0, 0.05) is 6.21 Å². The Morgan fingerprint density at radius 2 is 1.79 bits per heavy atom. The van der Waals surface area contributed by atoms with Crippen LogP contribution in [-0.4, -0.2) is 12.8 Å². The maximum absolute atomic E-state index is 5.54. The van der Waals surface area contributed by atoms with E-state index in [4.69, 9.17) is 4.74 Å². The molecule has 2 aromatic carbocycles. The Morgan fingerprint density at radius 1 is 1.11 bits per heavy atom. The zero-order valence-corrected chi connectivity index (χ0v) is 11.0. The molecule has 96 valence electrons. The number of benzene rings is 2. The molecule has 0 unspecified atom stereocenters. The second-order valence-corrected chi connectivity index (χ2v) is 4.41. The minimum atomic E-state index is 0.553. The summed E-state index contributed by atoms with van der Waals surface area (Å²) in [6, 6.07) is 17.7. The van der Waals surface area contributed by atoms with Crippen LogP contribution in [0.3, 0.4) is 0 Å². The van der Waals surface area contributed by atoms with Crippen molar-refractivity contribution in [2.24, 2.45) is 4.99 Å². The van der Waals surface area contributed by atoms with Gasteiger partial charge in [-0.15, -0.1) is 0 Å². The van der Waals surface area contributed by atoms with Gasteiger partial charge in [0.05, 0.1) is 5.69 Å². The van der Waals surface area contributed by atoms with E-state index >= 15 is 0 Å². The van der Waals surface area contributed by atoms with E-state index in [1.807, 2.05) is 67.7 Å². The summed E-state index contributed by atoms with van der Waals surface area (Å²) in [4.78, 5) is 4.40. The Kier molecular flexibility index (Phi) is 4.51. The summed E-state index contributed by atoms with van der Waals surface area (Å²) in [5.74, 6) is 0.847. The van der Waals surface area contributed by atoms with Gasteiger partial charge in [0.25, 0.3) is 0 Å². The van der Waals surface area contributed by atoms with Gasteiger partial charge in [0.15, 0.2) is 0 Å². The van der Waals surface area contributed by atoms with E-state index in [1.54, 1.807) is 0 Å². The van der Waals surface area contributed by atoms with Gasteiger partial charge in [0.1, 0.15) is 12.4 Å². The normalized spacial score (nSPS) is 10.6. The molecule has 0 heterocycles. The Balaban J connectivity index is 1.99. The summed E-state index contributed by atoms with van der Waals surface area (Å²) < 4.78 is 5.54. The molecule has 19 heavy (non-hydrogen) atoms. The van der Waals surface area contributed by atoms with Crippen LogP contribution in [0.25, 0.3) is 0 Å². The molecule has 0 aliphatic heterocycles. The average molecular weight is 251 g/mol. The molecule has 2 rings (SSSR count). The first-order valence-electron chi connectivity index (χ1n) is 6.20. The highest BCUT2D eigenvalue weighted by atomic mass is 16.5. The van der Waals surface area contributed by atoms with Gasteiger partial charge < -0.3 is 4.74 Å². The fourth-order valence-electron chi connectivity index (χ4n) is 1.52. The van der Waals surface area contributed by atoms with Crippen molar-refractivity contribution in [2.45, 2.75) is 6.92 Å². The second kappa shape index (κ2) is 6.55. The van der Waals surface area contributed by atoms with E-state index in [0.29, 0.717) is 6.61 Å². The predicted octanol–water partition coefficient (Wildman–Crippen LogP) is 4.39. The molecule has 2 nitrogen and oxygen atoms in total. The number of hydrogen-bond donors (Lipinski definition) is 0. The summed E-state index contributed by atoms with van der Waals surface area (Å²) in [5.41, 5.74) is 3.01. The number of ether oxygens (including phenoxy) is 1. The molecule has 0 aromatic heterocycles. The third kappa shape index (κ3) is 4.43. The minimum Gasteiger partial charge on any atom is -0.489 e. The molecule has 0 saturated carbocycles. The van der Waals surface area contributed by atoms with E-state index in [2.05, 4.69) is 11.6 Å². The summed E-state index contributed by atoms with van der Waals surface area (Å²) in [5, 5.41) is 0. The number of nitrogens with zero attached hydrogens (tertiary/aromatic N) is 1. The van der Waals surface area contributed by atoms with Gasteiger partial charge in [-0.25, -0.2) is 0 Å². The first-order valence-corrected chi connectivity index (χ1v) is 6.20. The van der Waals surface area contributed by atoms with Crippen molar-refractivity contribution in [1.82, 2.24) is 0 Å². The van der Waals surface area contributed by atoms with Gasteiger partial charge in [-0.1, -0.05) is 24.8 Å². The Hall–Kier alpha value is -2.35. The van der Waals surface area contributed by atoms with Gasteiger partial charge in [-0.05, 0) is 54.5 Å². The van der Waals surface area contributed by atoms with E-state index < -0.39 is 0 Å². The lowest BCUT2D eigenvalue weighted by Crippen LogP contribution is -1.97. The smallest absolute Gasteiger partial charge is 0.119 e. The third-order valence-corrected chi connectivity index (χ3v) is 2.48. The molecule has 0 spiro atoms. The highest BCUT2D eigenvalue weighted by Crippen LogP contribution is 2.13. The second-order valence-electron chi connectivity index (χ2n) is 4.41. The van der Waals surface area contributed by atoms with Crippen molar-refractivity contribution in [3.05, 3.63) is 72.3 Å². The number of hydrogen-bond acceptors (Lipinski definition) is 2. The van der Waals surface area contributed by atoms with Crippen LogP contribution in [0.2, 0.25) is 0 Å². The van der Waals surface area contributed by atoms with Crippen molar-refractivity contribution in [3.8, 4) is 5.75 Å². The lowest BCUT2D eigenvalue weighted by Gasteiger charge is -2.05. The van der Waals surface area contributed by atoms with Crippen LogP contribution in [0.4, 0.5) is 5.69 Å². The quantitative estimate of drug-likeness (QED) is 0.570. The first kappa shape index (κ1) is 13.1. The highest BCUT2D eigenvalue weighted by Gasteiger charge is 1.94. The van der Waals surface area contributed by atoms with Crippen molar-refractivity contribution < 1.29 is 4.74 Å². The maximum atomic E-state index is 5.54. The summed E-state index contributed by atoms with van der Waals surface area (Å²) >= 11 is 0. The Bertz CT molecular complexity index is 556. The fourth-order valence-corrected chi connectivity index (χ4v) is 1.52. The largest absolute Gasteiger partial charge is 0.489 e. The van der Waals surface area contributed by atoms with E-state index in [0.717, 1.165) is 22.6 Å². The van der Waals surface area contributed by atoms with Crippen LogP contribution >= 0.6 is 0 Å². The van der Waals surface area contributed by atoms with Gasteiger partial charge in [-0.3, -0.25) is 4.99 Å². The molecular formula is C17H17NO. The predicted molar refractivity (Wildman–Crippen MR) is 80.4 cm³/mol.